The van der Waals surface area contributed by atoms with Crippen molar-refractivity contribution in [1.82, 2.24) is 14.9 Å². The van der Waals surface area contributed by atoms with E-state index in [1.807, 2.05) is 0 Å². The first-order chi connectivity index (χ1) is 10.5. The standard InChI is InChI=1S/C15H23N3O3S.ClH/c1-3-18(4-2)22(20,21)14-7-5-6-13(8-14)15(19)17-11-12-9-16-10-12;/h5-8,12,16H,3-4,9-11H2,1-2H3,(H,17,19);1H. The molecule has 0 spiro atoms. The first-order valence-electron chi connectivity index (χ1n) is 7.58. The third-order valence-electron chi connectivity index (χ3n) is 3.86. The Bertz CT molecular complexity index is 629. The lowest BCUT2D eigenvalue weighted by Crippen LogP contribution is -2.48. The summed E-state index contributed by atoms with van der Waals surface area (Å²) < 4.78 is 26.3. The summed E-state index contributed by atoms with van der Waals surface area (Å²) in [5.74, 6) is 0.232. The Kier molecular flexibility index (Phi) is 7.47. The van der Waals surface area contributed by atoms with Gasteiger partial charge < -0.3 is 10.6 Å². The van der Waals surface area contributed by atoms with E-state index in [2.05, 4.69) is 10.6 Å². The van der Waals surface area contributed by atoms with E-state index in [0.717, 1.165) is 13.1 Å². The third-order valence-corrected chi connectivity index (χ3v) is 5.90. The second-order valence-corrected chi connectivity index (χ2v) is 7.29. The normalized spacial score (nSPS) is 14.9. The summed E-state index contributed by atoms with van der Waals surface area (Å²) in [7, 11) is -3.54. The molecule has 1 saturated heterocycles. The zero-order chi connectivity index (χ0) is 16.2. The highest BCUT2D eigenvalue weighted by atomic mass is 35.5. The highest BCUT2D eigenvalue weighted by Gasteiger charge is 2.23. The molecular formula is C15H24ClN3O3S. The van der Waals surface area contributed by atoms with Crippen molar-refractivity contribution in [1.29, 1.82) is 0 Å². The Hall–Kier alpha value is -1.15. The second kappa shape index (κ2) is 8.63. The van der Waals surface area contributed by atoms with Gasteiger partial charge in [-0.25, -0.2) is 8.42 Å². The van der Waals surface area contributed by atoms with Crippen LogP contribution in [0.5, 0.6) is 0 Å². The summed E-state index contributed by atoms with van der Waals surface area (Å²) in [6.45, 7) is 6.84. The SMILES string of the molecule is CCN(CC)S(=O)(=O)c1cccc(C(=O)NCC2CNC2)c1.Cl. The Morgan fingerprint density at radius 3 is 2.48 bits per heavy atom. The van der Waals surface area contributed by atoms with Crippen molar-refractivity contribution in [2.24, 2.45) is 5.92 Å². The van der Waals surface area contributed by atoms with Crippen molar-refractivity contribution < 1.29 is 13.2 Å². The van der Waals surface area contributed by atoms with Gasteiger partial charge in [0.15, 0.2) is 0 Å². The van der Waals surface area contributed by atoms with Crippen LogP contribution in [0.3, 0.4) is 0 Å². The van der Waals surface area contributed by atoms with Crippen LogP contribution < -0.4 is 10.6 Å². The fraction of sp³-hybridized carbons (Fsp3) is 0.533. The number of nitrogens with one attached hydrogen (secondary N) is 2. The predicted molar refractivity (Wildman–Crippen MR) is 92.5 cm³/mol. The summed E-state index contributed by atoms with van der Waals surface area (Å²) >= 11 is 0. The van der Waals surface area contributed by atoms with Gasteiger partial charge in [-0.15, -0.1) is 12.4 Å². The van der Waals surface area contributed by atoms with Crippen LogP contribution in [-0.4, -0.2) is 51.4 Å². The summed E-state index contributed by atoms with van der Waals surface area (Å²) in [6.07, 6.45) is 0. The van der Waals surface area contributed by atoms with Crippen LogP contribution in [0.25, 0.3) is 0 Å². The van der Waals surface area contributed by atoms with Crippen LogP contribution in [0.1, 0.15) is 24.2 Å². The minimum absolute atomic E-state index is 0. The molecule has 0 atom stereocenters. The maximum atomic E-state index is 12.5. The summed E-state index contributed by atoms with van der Waals surface area (Å²) in [6, 6.07) is 6.22. The summed E-state index contributed by atoms with van der Waals surface area (Å²) in [4.78, 5) is 12.3. The topological polar surface area (TPSA) is 78.5 Å². The molecule has 23 heavy (non-hydrogen) atoms. The van der Waals surface area contributed by atoms with Gasteiger partial charge in [0, 0.05) is 44.2 Å². The highest BCUT2D eigenvalue weighted by molar-refractivity contribution is 7.89. The van der Waals surface area contributed by atoms with Gasteiger partial charge in [0.05, 0.1) is 4.90 Å². The fourth-order valence-electron chi connectivity index (χ4n) is 2.34. The number of sulfonamides is 1. The van der Waals surface area contributed by atoms with Crippen LogP contribution in [0.15, 0.2) is 29.2 Å². The molecule has 0 unspecified atom stereocenters. The fourth-order valence-corrected chi connectivity index (χ4v) is 3.85. The van der Waals surface area contributed by atoms with Crippen molar-refractivity contribution in [2.75, 3.05) is 32.7 Å². The molecular weight excluding hydrogens is 338 g/mol. The molecule has 0 bridgehead atoms. The minimum atomic E-state index is -3.54. The van der Waals surface area contributed by atoms with E-state index < -0.39 is 10.0 Å². The molecule has 1 aliphatic heterocycles. The first kappa shape index (κ1) is 19.9. The number of benzene rings is 1. The molecule has 1 fully saturated rings. The molecule has 1 heterocycles. The first-order valence-corrected chi connectivity index (χ1v) is 9.02. The van der Waals surface area contributed by atoms with Crippen LogP contribution in [-0.2, 0) is 10.0 Å². The van der Waals surface area contributed by atoms with Crippen LogP contribution in [0, 0.1) is 5.92 Å². The molecule has 0 saturated carbocycles. The monoisotopic (exact) mass is 361 g/mol. The van der Waals surface area contributed by atoms with Gasteiger partial charge >= 0.3 is 0 Å². The third kappa shape index (κ3) is 4.67. The van der Waals surface area contributed by atoms with Crippen molar-refractivity contribution in [2.45, 2.75) is 18.7 Å². The lowest BCUT2D eigenvalue weighted by atomic mass is 10.0. The molecule has 1 aromatic carbocycles. The Labute approximate surface area is 144 Å². The van der Waals surface area contributed by atoms with E-state index in [1.165, 1.54) is 16.4 Å². The zero-order valence-corrected chi connectivity index (χ0v) is 15.0. The van der Waals surface area contributed by atoms with Crippen LogP contribution >= 0.6 is 12.4 Å². The van der Waals surface area contributed by atoms with E-state index in [1.54, 1.807) is 26.0 Å². The van der Waals surface area contributed by atoms with Gasteiger partial charge in [0.2, 0.25) is 10.0 Å². The molecule has 1 amide bonds. The Morgan fingerprint density at radius 1 is 1.30 bits per heavy atom. The molecule has 0 aromatic heterocycles. The molecule has 2 rings (SSSR count). The molecule has 1 aromatic rings. The molecule has 6 nitrogen and oxygen atoms in total. The number of hydrogen-bond acceptors (Lipinski definition) is 4. The maximum Gasteiger partial charge on any atom is 0.251 e. The number of carbonyl (C=O) groups is 1. The average Bonchev–Trinajstić information content (AvgIpc) is 2.46. The summed E-state index contributed by atoms with van der Waals surface area (Å²) in [5, 5.41) is 5.99. The molecule has 1 aliphatic rings. The highest BCUT2D eigenvalue weighted by Crippen LogP contribution is 2.17. The number of halogens is 1. The van der Waals surface area contributed by atoms with Gasteiger partial charge in [0.25, 0.3) is 5.91 Å². The van der Waals surface area contributed by atoms with Gasteiger partial charge in [-0.05, 0) is 18.2 Å². The average molecular weight is 362 g/mol. The Balaban J connectivity index is 0.00000264. The van der Waals surface area contributed by atoms with Crippen LogP contribution in [0.4, 0.5) is 0 Å². The van der Waals surface area contributed by atoms with E-state index in [0.29, 0.717) is 31.1 Å². The van der Waals surface area contributed by atoms with E-state index in [-0.39, 0.29) is 23.2 Å². The smallest absolute Gasteiger partial charge is 0.251 e. The van der Waals surface area contributed by atoms with Crippen molar-refractivity contribution in [3.63, 3.8) is 0 Å². The number of amides is 1. The van der Waals surface area contributed by atoms with Gasteiger partial charge in [-0.2, -0.15) is 4.31 Å². The summed E-state index contributed by atoms with van der Waals surface area (Å²) in [5.41, 5.74) is 0.375. The molecule has 0 radical (unpaired) electrons. The van der Waals surface area contributed by atoms with E-state index >= 15 is 0 Å². The lowest BCUT2D eigenvalue weighted by Gasteiger charge is -2.27. The largest absolute Gasteiger partial charge is 0.352 e. The lowest BCUT2D eigenvalue weighted by molar-refractivity contribution is 0.0942. The number of rotatable bonds is 7. The minimum Gasteiger partial charge on any atom is -0.352 e. The van der Waals surface area contributed by atoms with Crippen molar-refractivity contribution >= 4 is 28.3 Å². The maximum absolute atomic E-state index is 12.5. The quantitative estimate of drug-likeness (QED) is 0.762. The molecule has 130 valence electrons. The van der Waals surface area contributed by atoms with Gasteiger partial charge in [0.1, 0.15) is 0 Å². The zero-order valence-electron chi connectivity index (χ0n) is 13.4. The molecule has 2 N–H and O–H groups in total. The molecule has 8 heteroatoms. The number of nitrogens with zero attached hydrogens (tertiary/aromatic N) is 1. The van der Waals surface area contributed by atoms with Crippen molar-refractivity contribution in [3.05, 3.63) is 29.8 Å². The van der Waals surface area contributed by atoms with Crippen molar-refractivity contribution in [3.8, 4) is 0 Å². The van der Waals surface area contributed by atoms with E-state index in [4.69, 9.17) is 0 Å². The Morgan fingerprint density at radius 2 is 1.96 bits per heavy atom. The van der Waals surface area contributed by atoms with Crippen LogP contribution in [0.2, 0.25) is 0 Å². The van der Waals surface area contributed by atoms with E-state index in [9.17, 15) is 13.2 Å². The van der Waals surface area contributed by atoms with Gasteiger partial charge in [-0.1, -0.05) is 19.9 Å². The number of carbonyl (C=O) groups excluding carboxylic acids is 1. The molecule has 0 aliphatic carbocycles. The number of hydrogen-bond donors (Lipinski definition) is 2. The predicted octanol–water partition coefficient (Wildman–Crippen LogP) is 1.09. The second-order valence-electron chi connectivity index (χ2n) is 5.35. The van der Waals surface area contributed by atoms with Gasteiger partial charge in [-0.3, -0.25) is 4.79 Å².